The summed E-state index contributed by atoms with van der Waals surface area (Å²) in [4.78, 5) is 8.86. The number of hydrogen-bond acceptors (Lipinski definition) is 4. The van der Waals surface area contributed by atoms with Crippen LogP contribution in [-0.2, 0) is 6.54 Å². The Morgan fingerprint density at radius 1 is 1.19 bits per heavy atom. The maximum Gasteiger partial charge on any atom is 0.191 e. The van der Waals surface area contributed by atoms with E-state index in [0.717, 1.165) is 49.2 Å². The molecule has 7 heteroatoms. The molecule has 0 aliphatic carbocycles. The quantitative estimate of drug-likeness (QED) is 0.380. The van der Waals surface area contributed by atoms with E-state index in [0.29, 0.717) is 19.0 Å². The van der Waals surface area contributed by atoms with E-state index in [1.807, 2.05) is 25.1 Å². The molecule has 0 aliphatic rings. The Balaban J connectivity index is 2.03. The molecule has 0 saturated carbocycles. The maximum absolute atomic E-state index is 10.8. The van der Waals surface area contributed by atoms with Gasteiger partial charge in [0.1, 0.15) is 6.33 Å². The van der Waals surface area contributed by atoms with E-state index in [-0.39, 0.29) is 0 Å². The molecular formula is C20H32N6O. The highest BCUT2D eigenvalue weighted by Gasteiger charge is 2.24. The molecule has 1 aromatic carbocycles. The number of aromatic nitrogens is 3. The van der Waals surface area contributed by atoms with Crippen molar-refractivity contribution in [2.45, 2.75) is 58.6 Å². The first kappa shape index (κ1) is 20.9. The number of aliphatic imine (C=N–C) groups is 1. The van der Waals surface area contributed by atoms with Crippen LogP contribution in [0, 0.1) is 0 Å². The van der Waals surface area contributed by atoms with Crippen molar-refractivity contribution >= 4 is 5.96 Å². The number of guanidine groups is 1. The Morgan fingerprint density at radius 2 is 1.96 bits per heavy atom. The lowest BCUT2D eigenvalue weighted by molar-refractivity contribution is 0.0257. The number of benzene rings is 1. The summed E-state index contributed by atoms with van der Waals surface area (Å²) in [5.74, 6) is 1.46. The number of hydrogen-bond donors (Lipinski definition) is 4. The van der Waals surface area contributed by atoms with Crippen LogP contribution in [0.2, 0.25) is 0 Å². The molecule has 0 amide bonds. The summed E-state index contributed by atoms with van der Waals surface area (Å²) < 4.78 is 0. The van der Waals surface area contributed by atoms with E-state index in [1.165, 1.54) is 6.33 Å². The van der Waals surface area contributed by atoms with Crippen LogP contribution in [0.15, 0.2) is 35.6 Å². The van der Waals surface area contributed by atoms with Crippen LogP contribution in [0.4, 0.5) is 0 Å². The van der Waals surface area contributed by atoms with E-state index in [2.05, 4.69) is 50.7 Å². The van der Waals surface area contributed by atoms with Crippen molar-refractivity contribution in [2.75, 3.05) is 13.1 Å². The lowest BCUT2D eigenvalue weighted by atomic mass is 9.93. The highest BCUT2D eigenvalue weighted by molar-refractivity contribution is 5.79. The zero-order valence-corrected chi connectivity index (χ0v) is 16.6. The van der Waals surface area contributed by atoms with Crippen molar-refractivity contribution in [1.29, 1.82) is 0 Å². The van der Waals surface area contributed by atoms with Crippen LogP contribution in [0.5, 0.6) is 0 Å². The second-order valence-corrected chi connectivity index (χ2v) is 6.81. The summed E-state index contributed by atoms with van der Waals surface area (Å²) in [5.41, 5.74) is 1.38. The van der Waals surface area contributed by atoms with E-state index in [9.17, 15) is 5.11 Å². The largest absolute Gasteiger partial charge is 0.388 e. The summed E-state index contributed by atoms with van der Waals surface area (Å²) in [6, 6.07) is 8.08. The summed E-state index contributed by atoms with van der Waals surface area (Å²) in [6.45, 7) is 8.04. The van der Waals surface area contributed by atoms with Crippen molar-refractivity contribution in [1.82, 2.24) is 25.8 Å². The van der Waals surface area contributed by atoms with Gasteiger partial charge in [0.05, 0.1) is 12.1 Å². The average Bonchev–Trinajstić information content (AvgIpc) is 3.19. The number of nitrogens with one attached hydrogen (secondary N) is 3. The summed E-state index contributed by atoms with van der Waals surface area (Å²) in [5, 5.41) is 24.1. The second kappa shape index (κ2) is 10.7. The van der Waals surface area contributed by atoms with Gasteiger partial charge < -0.3 is 15.7 Å². The van der Waals surface area contributed by atoms with Gasteiger partial charge in [0.2, 0.25) is 0 Å². The summed E-state index contributed by atoms with van der Waals surface area (Å²) >= 11 is 0. The topological polar surface area (TPSA) is 98.2 Å². The van der Waals surface area contributed by atoms with Gasteiger partial charge in [0.25, 0.3) is 0 Å². The van der Waals surface area contributed by atoms with Crippen molar-refractivity contribution < 1.29 is 5.11 Å². The molecule has 27 heavy (non-hydrogen) atoms. The van der Waals surface area contributed by atoms with Gasteiger partial charge in [-0.15, -0.1) is 0 Å². The van der Waals surface area contributed by atoms with Crippen molar-refractivity contribution in [2.24, 2.45) is 4.99 Å². The zero-order valence-electron chi connectivity index (χ0n) is 16.6. The molecule has 1 heterocycles. The van der Waals surface area contributed by atoms with Crippen LogP contribution in [0.1, 0.15) is 52.0 Å². The lowest BCUT2D eigenvalue weighted by Gasteiger charge is -2.28. The Kier molecular flexibility index (Phi) is 8.26. The minimum atomic E-state index is -0.689. The third-order valence-electron chi connectivity index (χ3n) is 4.40. The van der Waals surface area contributed by atoms with Gasteiger partial charge >= 0.3 is 0 Å². The van der Waals surface area contributed by atoms with E-state index < -0.39 is 5.60 Å². The number of rotatable bonds is 10. The smallest absolute Gasteiger partial charge is 0.191 e. The van der Waals surface area contributed by atoms with Crippen LogP contribution in [-0.4, -0.2) is 44.9 Å². The maximum atomic E-state index is 10.8. The molecule has 4 N–H and O–H groups in total. The van der Waals surface area contributed by atoms with E-state index in [4.69, 9.17) is 0 Å². The van der Waals surface area contributed by atoms with Crippen LogP contribution >= 0.6 is 0 Å². The molecule has 2 rings (SSSR count). The molecule has 0 radical (unpaired) electrons. The molecule has 0 fully saturated rings. The van der Waals surface area contributed by atoms with E-state index >= 15 is 0 Å². The van der Waals surface area contributed by atoms with Crippen LogP contribution in [0.25, 0.3) is 11.4 Å². The predicted molar refractivity (Wildman–Crippen MR) is 109 cm³/mol. The lowest BCUT2D eigenvalue weighted by Crippen LogP contribution is -2.47. The van der Waals surface area contributed by atoms with Gasteiger partial charge in [-0.25, -0.2) is 9.98 Å². The van der Waals surface area contributed by atoms with Crippen molar-refractivity contribution in [3.05, 3.63) is 36.2 Å². The molecule has 1 aromatic heterocycles. The van der Waals surface area contributed by atoms with Gasteiger partial charge in [-0.3, -0.25) is 5.10 Å². The Bertz CT molecular complexity index is 692. The SMILES string of the molecule is CCCC(O)(CCC)CNC(=NCc1cccc(-c2ncn[nH]2)c1)NCC. The fraction of sp³-hybridized carbons (Fsp3) is 0.550. The highest BCUT2D eigenvalue weighted by atomic mass is 16.3. The van der Waals surface area contributed by atoms with Crippen molar-refractivity contribution in [3.8, 4) is 11.4 Å². The number of H-pyrrole nitrogens is 1. The van der Waals surface area contributed by atoms with Crippen LogP contribution < -0.4 is 10.6 Å². The van der Waals surface area contributed by atoms with Gasteiger partial charge in [-0.05, 0) is 31.4 Å². The predicted octanol–water partition coefficient (Wildman–Crippen LogP) is 2.86. The zero-order chi connectivity index (χ0) is 19.5. The van der Waals surface area contributed by atoms with Gasteiger partial charge in [0, 0.05) is 18.7 Å². The molecular weight excluding hydrogens is 340 g/mol. The Morgan fingerprint density at radius 3 is 2.59 bits per heavy atom. The molecule has 0 spiro atoms. The third-order valence-corrected chi connectivity index (χ3v) is 4.40. The fourth-order valence-electron chi connectivity index (χ4n) is 3.15. The Labute approximate surface area is 161 Å². The monoisotopic (exact) mass is 372 g/mol. The van der Waals surface area contributed by atoms with Gasteiger partial charge in [-0.1, -0.05) is 44.9 Å². The molecule has 148 valence electrons. The minimum absolute atomic E-state index is 0.499. The molecule has 7 nitrogen and oxygen atoms in total. The summed E-state index contributed by atoms with van der Waals surface area (Å²) in [7, 11) is 0. The Hall–Kier alpha value is -2.41. The van der Waals surface area contributed by atoms with Crippen LogP contribution in [0.3, 0.4) is 0 Å². The first-order chi connectivity index (χ1) is 13.1. The number of nitrogens with zero attached hydrogens (tertiary/aromatic N) is 3. The first-order valence-electron chi connectivity index (χ1n) is 9.79. The molecule has 2 aromatic rings. The number of aliphatic hydroxyl groups is 1. The average molecular weight is 373 g/mol. The second-order valence-electron chi connectivity index (χ2n) is 6.81. The van der Waals surface area contributed by atoms with E-state index in [1.54, 1.807) is 0 Å². The summed E-state index contributed by atoms with van der Waals surface area (Å²) in [6.07, 6.45) is 4.99. The van der Waals surface area contributed by atoms with Crippen molar-refractivity contribution in [3.63, 3.8) is 0 Å². The van der Waals surface area contributed by atoms with Gasteiger partial charge in [0.15, 0.2) is 11.8 Å². The first-order valence-corrected chi connectivity index (χ1v) is 9.79. The highest BCUT2D eigenvalue weighted by Crippen LogP contribution is 2.18. The fourth-order valence-corrected chi connectivity index (χ4v) is 3.15. The minimum Gasteiger partial charge on any atom is -0.388 e. The van der Waals surface area contributed by atoms with Gasteiger partial charge in [-0.2, -0.15) is 5.10 Å². The molecule has 0 saturated heterocycles. The molecule has 0 unspecified atom stereocenters. The molecule has 0 aliphatic heterocycles. The third kappa shape index (κ3) is 6.67. The standard InChI is InChI=1S/C20H32N6O/c1-4-10-20(27,11-5-2)14-23-19(21-6-3)22-13-16-8-7-9-17(12-16)18-24-15-25-26-18/h7-9,12,15,27H,4-6,10-11,13-14H2,1-3H3,(H2,21,22,23)(H,24,25,26). The normalized spacial score (nSPS) is 12.2. The molecule has 0 bridgehead atoms. The molecule has 0 atom stereocenters. The number of aromatic amines is 1.